The molecule has 2 aromatic heterocycles. The van der Waals surface area contributed by atoms with E-state index in [0.717, 1.165) is 29.6 Å². The van der Waals surface area contributed by atoms with E-state index in [2.05, 4.69) is 47.1 Å². The summed E-state index contributed by atoms with van der Waals surface area (Å²) >= 11 is 1.74. The van der Waals surface area contributed by atoms with Crippen LogP contribution in [-0.2, 0) is 6.54 Å². The minimum absolute atomic E-state index is 0.358. The Kier molecular flexibility index (Phi) is 5.09. The molecular formula is C15H22N4S. The van der Waals surface area contributed by atoms with Crippen LogP contribution in [-0.4, -0.2) is 23.6 Å². The number of hydrogen-bond acceptors (Lipinski definition) is 5. The second kappa shape index (κ2) is 6.81. The van der Waals surface area contributed by atoms with E-state index in [9.17, 15) is 0 Å². The fourth-order valence-electron chi connectivity index (χ4n) is 2.06. The molecule has 0 bridgehead atoms. The second-order valence-corrected chi connectivity index (χ2v) is 5.99. The monoisotopic (exact) mass is 290 g/mol. The highest BCUT2D eigenvalue weighted by Crippen LogP contribution is 2.27. The van der Waals surface area contributed by atoms with Crippen molar-refractivity contribution in [2.75, 3.05) is 18.5 Å². The third kappa shape index (κ3) is 3.77. The normalized spacial score (nSPS) is 12.4. The maximum atomic E-state index is 4.53. The molecule has 5 heteroatoms. The van der Waals surface area contributed by atoms with Gasteiger partial charge in [-0.3, -0.25) is 4.98 Å². The summed E-state index contributed by atoms with van der Waals surface area (Å²) in [5, 5.41) is 4.45. The van der Waals surface area contributed by atoms with Crippen molar-refractivity contribution in [1.29, 1.82) is 0 Å². The number of pyridine rings is 1. The molecule has 1 atom stereocenters. The van der Waals surface area contributed by atoms with Crippen LogP contribution in [0, 0.1) is 6.92 Å². The summed E-state index contributed by atoms with van der Waals surface area (Å²) in [6.45, 7) is 8.06. The molecule has 2 heterocycles. The van der Waals surface area contributed by atoms with Crippen molar-refractivity contribution in [2.45, 2.75) is 33.4 Å². The Morgan fingerprint density at radius 3 is 2.90 bits per heavy atom. The summed E-state index contributed by atoms with van der Waals surface area (Å²) in [5.41, 5.74) is 2.13. The topological polar surface area (TPSA) is 41.1 Å². The Morgan fingerprint density at radius 2 is 2.20 bits per heavy atom. The zero-order chi connectivity index (χ0) is 14.5. The van der Waals surface area contributed by atoms with Gasteiger partial charge in [0.05, 0.1) is 12.2 Å². The third-order valence-electron chi connectivity index (χ3n) is 3.12. The van der Waals surface area contributed by atoms with E-state index in [1.54, 1.807) is 11.3 Å². The average Bonchev–Trinajstić information content (AvgIpc) is 2.88. The zero-order valence-corrected chi connectivity index (χ0v) is 13.4. The lowest BCUT2D eigenvalue weighted by molar-refractivity contribution is 0.606. The van der Waals surface area contributed by atoms with Crippen LogP contribution >= 0.6 is 11.3 Å². The molecule has 0 spiro atoms. The molecule has 1 unspecified atom stereocenters. The first-order valence-corrected chi connectivity index (χ1v) is 7.74. The maximum Gasteiger partial charge on any atom is 0.185 e. The Morgan fingerprint density at radius 1 is 1.40 bits per heavy atom. The van der Waals surface area contributed by atoms with Crippen LogP contribution in [0.25, 0.3) is 0 Å². The van der Waals surface area contributed by atoms with Crippen LogP contribution in [0.15, 0.2) is 24.4 Å². The molecule has 108 valence electrons. The Bertz CT molecular complexity index is 552. The lowest BCUT2D eigenvalue weighted by Gasteiger charge is -2.15. The van der Waals surface area contributed by atoms with Crippen molar-refractivity contribution in [2.24, 2.45) is 0 Å². The smallest absolute Gasteiger partial charge is 0.185 e. The summed E-state index contributed by atoms with van der Waals surface area (Å²) in [6, 6.07) is 6.48. The molecule has 20 heavy (non-hydrogen) atoms. The van der Waals surface area contributed by atoms with Crippen molar-refractivity contribution in [3.63, 3.8) is 0 Å². The molecule has 1 N–H and O–H groups in total. The summed E-state index contributed by atoms with van der Waals surface area (Å²) in [4.78, 5) is 12.5. The maximum absolute atomic E-state index is 4.53. The molecule has 0 saturated carbocycles. The van der Waals surface area contributed by atoms with Crippen molar-refractivity contribution in [3.8, 4) is 0 Å². The Labute approximate surface area is 124 Å². The van der Waals surface area contributed by atoms with Gasteiger partial charge in [-0.2, -0.15) is 0 Å². The molecule has 2 aromatic rings. The molecule has 0 aliphatic heterocycles. The molecule has 0 saturated heterocycles. The Hall–Kier alpha value is -1.46. The van der Waals surface area contributed by atoms with Crippen LogP contribution in [0.3, 0.4) is 0 Å². The molecule has 4 nitrogen and oxygen atoms in total. The van der Waals surface area contributed by atoms with E-state index in [1.807, 2.05) is 25.3 Å². The predicted octanol–water partition coefficient (Wildman–Crippen LogP) is 3.15. The van der Waals surface area contributed by atoms with Crippen molar-refractivity contribution >= 4 is 16.5 Å². The standard InChI is InChI=1S/C15H22N4S/c1-5-16-12(3)14-9-17-15(20-14)19(4)10-13-8-6-7-11(2)18-13/h6-9,12,16H,5,10H2,1-4H3. The van der Waals surface area contributed by atoms with E-state index in [0.29, 0.717) is 6.04 Å². The minimum Gasteiger partial charge on any atom is -0.345 e. The molecular weight excluding hydrogens is 268 g/mol. The number of thiazole rings is 1. The van der Waals surface area contributed by atoms with Crippen molar-refractivity contribution < 1.29 is 0 Å². The molecule has 0 aliphatic carbocycles. The number of hydrogen-bond donors (Lipinski definition) is 1. The molecule has 0 aliphatic rings. The molecule has 2 rings (SSSR count). The number of rotatable bonds is 6. The summed E-state index contributed by atoms with van der Waals surface area (Å²) in [5.74, 6) is 0. The lowest BCUT2D eigenvalue weighted by Crippen LogP contribution is -2.17. The fraction of sp³-hybridized carbons (Fsp3) is 0.467. The first-order chi connectivity index (χ1) is 9.60. The van der Waals surface area contributed by atoms with E-state index in [4.69, 9.17) is 0 Å². The SMILES string of the molecule is CCNC(C)c1cnc(N(C)Cc2cccc(C)n2)s1. The number of aryl methyl sites for hydroxylation is 1. The largest absolute Gasteiger partial charge is 0.345 e. The van der Waals surface area contributed by atoms with E-state index in [-0.39, 0.29) is 0 Å². The van der Waals surface area contributed by atoms with Gasteiger partial charge in [-0.1, -0.05) is 13.0 Å². The quantitative estimate of drug-likeness (QED) is 0.887. The van der Waals surface area contributed by atoms with Gasteiger partial charge in [-0.05, 0) is 32.5 Å². The van der Waals surface area contributed by atoms with Crippen LogP contribution < -0.4 is 10.2 Å². The van der Waals surface area contributed by atoms with Crippen LogP contribution in [0.1, 0.15) is 36.2 Å². The number of nitrogens with zero attached hydrogens (tertiary/aromatic N) is 3. The van der Waals surface area contributed by atoms with E-state index < -0.39 is 0 Å². The van der Waals surface area contributed by atoms with Gasteiger partial charge in [0.25, 0.3) is 0 Å². The first-order valence-electron chi connectivity index (χ1n) is 6.93. The highest BCUT2D eigenvalue weighted by molar-refractivity contribution is 7.15. The van der Waals surface area contributed by atoms with E-state index in [1.165, 1.54) is 4.88 Å². The second-order valence-electron chi connectivity index (χ2n) is 4.95. The highest BCUT2D eigenvalue weighted by atomic mass is 32.1. The van der Waals surface area contributed by atoms with Gasteiger partial charge in [-0.25, -0.2) is 4.98 Å². The molecule has 0 fully saturated rings. The first kappa shape index (κ1) is 14.9. The van der Waals surface area contributed by atoms with Gasteiger partial charge in [0.1, 0.15) is 0 Å². The van der Waals surface area contributed by atoms with Gasteiger partial charge in [-0.15, -0.1) is 11.3 Å². The van der Waals surface area contributed by atoms with Crippen LogP contribution in [0.4, 0.5) is 5.13 Å². The number of anilines is 1. The van der Waals surface area contributed by atoms with E-state index >= 15 is 0 Å². The molecule has 0 amide bonds. The highest BCUT2D eigenvalue weighted by Gasteiger charge is 2.12. The fourth-order valence-corrected chi connectivity index (χ4v) is 2.96. The van der Waals surface area contributed by atoms with Gasteiger partial charge in [0, 0.05) is 29.9 Å². The van der Waals surface area contributed by atoms with Crippen LogP contribution in [0.5, 0.6) is 0 Å². The van der Waals surface area contributed by atoms with Crippen molar-refractivity contribution in [3.05, 3.63) is 40.7 Å². The summed E-state index contributed by atoms with van der Waals surface area (Å²) in [7, 11) is 2.06. The van der Waals surface area contributed by atoms with Gasteiger partial charge in [0.2, 0.25) is 0 Å². The Balaban J connectivity index is 2.04. The summed E-state index contributed by atoms with van der Waals surface area (Å²) in [6.07, 6.45) is 1.97. The third-order valence-corrected chi connectivity index (χ3v) is 4.41. The van der Waals surface area contributed by atoms with Crippen LogP contribution in [0.2, 0.25) is 0 Å². The van der Waals surface area contributed by atoms with Gasteiger partial charge >= 0.3 is 0 Å². The molecule has 0 radical (unpaired) electrons. The number of aromatic nitrogens is 2. The molecule has 0 aromatic carbocycles. The number of nitrogens with one attached hydrogen (secondary N) is 1. The predicted molar refractivity (Wildman–Crippen MR) is 85.3 cm³/mol. The van der Waals surface area contributed by atoms with Gasteiger partial charge < -0.3 is 10.2 Å². The zero-order valence-electron chi connectivity index (χ0n) is 12.6. The summed E-state index contributed by atoms with van der Waals surface area (Å²) < 4.78 is 0. The van der Waals surface area contributed by atoms with Gasteiger partial charge in [0.15, 0.2) is 5.13 Å². The average molecular weight is 290 g/mol. The lowest BCUT2D eigenvalue weighted by atomic mass is 10.3. The van der Waals surface area contributed by atoms with Crippen molar-refractivity contribution in [1.82, 2.24) is 15.3 Å². The minimum atomic E-state index is 0.358.